The van der Waals surface area contributed by atoms with Gasteiger partial charge in [0.15, 0.2) is 5.96 Å². The van der Waals surface area contributed by atoms with Gasteiger partial charge in [0.25, 0.3) is 0 Å². The lowest BCUT2D eigenvalue weighted by molar-refractivity contribution is 0.120. The first-order chi connectivity index (χ1) is 12.2. The van der Waals surface area contributed by atoms with E-state index < -0.39 is 0 Å². The van der Waals surface area contributed by atoms with Gasteiger partial charge in [0.05, 0.1) is 19.3 Å². The van der Waals surface area contributed by atoms with Gasteiger partial charge >= 0.3 is 0 Å². The molecule has 0 saturated heterocycles. The van der Waals surface area contributed by atoms with Gasteiger partial charge in [0, 0.05) is 12.6 Å². The van der Waals surface area contributed by atoms with Crippen molar-refractivity contribution in [2.75, 3.05) is 13.2 Å². The minimum absolute atomic E-state index is 0. The summed E-state index contributed by atoms with van der Waals surface area (Å²) in [7, 11) is 0. The Bertz CT molecular complexity index is 532. The average Bonchev–Trinajstić information content (AvgIpc) is 2.62. The van der Waals surface area contributed by atoms with E-state index in [1.54, 1.807) is 0 Å². The van der Waals surface area contributed by atoms with Crippen molar-refractivity contribution in [3.05, 3.63) is 29.8 Å². The molecule has 5 nitrogen and oxygen atoms in total. The van der Waals surface area contributed by atoms with E-state index in [0.29, 0.717) is 12.6 Å². The van der Waals surface area contributed by atoms with Crippen LogP contribution in [0.15, 0.2) is 29.3 Å². The van der Waals surface area contributed by atoms with Crippen molar-refractivity contribution in [3.8, 4) is 5.75 Å². The second-order valence-corrected chi connectivity index (χ2v) is 6.69. The molecule has 26 heavy (non-hydrogen) atoms. The van der Waals surface area contributed by atoms with Crippen molar-refractivity contribution >= 4 is 29.9 Å². The number of aliphatic hydroxyl groups excluding tert-OH is 1. The fourth-order valence-corrected chi connectivity index (χ4v) is 2.97. The molecule has 0 radical (unpaired) electrons. The smallest absolute Gasteiger partial charge is 0.191 e. The fraction of sp³-hybridized carbons (Fsp3) is 0.650. The third-order valence-corrected chi connectivity index (χ3v) is 4.47. The van der Waals surface area contributed by atoms with Gasteiger partial charge in [-0.1, -0.05) is 25.5 Å². The Morgan fingerprint density at radius 2 is 2.00 bits per heavy atom. The number of aliphatic imine (C=N–C) groups is 1. The van der Waals surface area contributed by atoms with E-state index in [2.05, 4.69) is 36.6 Å². The second-order valence-electron chi connectivity index (χ2n) is 6.69. The van der Waals surface area contributed by atoms with Gasteiger partial charge in [-0.05, 0) is 56.7 Å². The largest absolute Gasteiger partial charge is 0.494 e. The van der Waals surface area contributed by atoms with Crippen LogP contribution in [0.5, 0.6) is 5.75 Å². The molecular formula is C20H34IN3O2. The molecule has 1 aromatic rings. The summed E-state index contributed by atoms with van der Waals surface area (Å²) in [5.74, 6) is 1.77. The number of nitrogens with zero attached hydrogens (tertiary/aromatic N) is 1. The Labute approximate surface area is 175 Å². The Balaban J connectivity index is 0.00000338. The number of ether oxygens (including phenoxy) is 1. The van der Waals surface area contributed by atoms with Crippen molar-refractivity contribution in [1.29, 1.82) is 0 Å². The monoisotopic (exact) mass is 475 g/mol. The minimum Gasteiger partial charge on any atom is -0.494 e. The van der Waals surface area contributed by atoms with Crippen LogP contribution >= 0.6 is 24.0 Å². The number of halogens is 1. The lowest BCUT2D eigenvalue weighted by Crippen LogP contribution is -2.45. The molecular weight excluding hydrogens is 441 g/mol. The van der Waals surface area contributed by atoms with Crippen molar-refractivity contribution in [1.82, 2.24) is 10.6 Å². The molecule has 1 fully saturated rings. The van der Waals surface area contributed by atoms with E-state index in [1.807, 2.05) is 12.1 Å². The lowest BCUT2D eigenvalue weighted by atomic mass is 9.93. The molecule has 0 spiro atoms. The number of hydrogen-bond acceptors (Lipinski definition) is 3. The molecule has 3 N–H and O–H groups in total. The molecule has 148 valence electrons. The van der Waals surface area contributed by atoms with E-state index in [-0.39, 0.29) is 30.1 Å². The highest BCUT2D eigenvalue weighted by molar-refractivity contribution is 14.0. The summed E-state index contributed by atoms with van der Waals surface area (Å²) in [6, 6.07) is 8.57. The Kier molecular flexibility index (Phi) is 11.7. The molecule has 1 saturated carbocycles. The second kappa shape index (κ2) is 13.2. The number of aliphatic hydroxyl groups is 1. The van der Waals surface area contributed by atoms with Crippen molar-refractivity contribution < 1.29 is 9.84 Å². The molecule has 0 amide bonds. The quantitative estimate of drug-likeness (QED) is 0.231. The van der Waals surface area contributed by atoms with Crippen LogP contribution in [0, 0.1) is 0 Å². The number of rotatable bonds is 8. The van der Waals surface area contributed by atoms with Gasteiger partial charge in [0.2, 0.25) is 0 Å². The van der Waals surface area contributed by atoms with Crippen molar-refractivity contribution in [2.24, 2.45) is 4.99 Å². The van der Waals surface area contributed by atoms with E-state index in [0.717, 1.165) is 68.9 Å². The van der Waals surface area contributed by atoms with Gasteiger partial charge in [-0.25, -0.2) is 4.99 Å². The number of benzene rings is 1. The summed E-state index contributed by atoms with van der Waals surface area (Å²) in [5.41, 5.74) is 1.14. The highest BCUT2D eigenvalue weighted by Crippen LogP contribution is 2.18. The summed E-state index contributed by atoms with van der Waals surface area (Å²) in [4.78, 5) is 4.71. The Hall–Kier alpha value is -1.02. The Morgan fingerprint density at radius 1 is 1.23 bits per heavy atom. The topological polar surface area (TPSA) is 65.9 Å². The van der Waals surface area contributed by atoms with Crippen LogP contribution in [0.25, 0.3) is 0 Å². The highest BCUT2D eigenvalue weighted by atomic mass is 127. The third-order valence-electron chi connectivity index (χ3n) is 4.47. The third kappa shape index (κ3) is 8.58. The lowest BCUT2D eigenvalue weighted by Gasteiger charge is -2.27. The molecule has 0 heterocycles. The molecule has 0 aliphatic heterocycles. The standard InChI is InChI=1S/C20H33N3O2.HI/c1-3-5-13-25-19-8-6-7-16(14-19)15-22-20(21-4-2)23-17-9-11-18(24)12-10-17;/h6-8,14,17-18,24H,3-5,9-13,15H2,1-2H3,(H2,21,22,23);1H. The van der Waals surface area contributed by atoms with Gasteiger partial charge in [-0.3, -0.25) is 0 Å². The summed E-state index contributed by atoms with van der Waals surface area (Å²) < 4.78 is 5.77. The fourth-order valence-electron chi connectivity index (χ4n) is 2.97. The predicted octanol–water partition coefficient (Wildman–Crippen LogP) is 3.84. The number of hydrogen-bond donors (Lipinski definition) is 3. The average molecular weight is 475 g/mol. The molecule has 1 aliphatic rings. The van der Waals surface area contributed by atoms with Crippen LogP contribution in [-0.4, -0.2) is 36.4 Å². The first-order valence-corrected chi connectivity index (χ1v) is 9.66. The summed E-state index contributed by atoms with van der Waals surface area (Å²) in [5, 5.41) is 16.4. The minimum atomic E-state index is -0.131. The van der Waals surface area contributed by atoms with E-state index >= 15 is 0 Å². The van der Waals surface area contributed by atoms with Crippen LogP contribution in [0.4, 0.5) is 0 Å². The molecule has 0 bridgehead atoms. The normalized spacial score (nSPS) is 20.2. The van der Waals surface area contributed by atoms with Gasteiger partial charge < -0.3 is 20.5 Å². The molecule has 0 aromatic heterocycles. The van der Waals surface area contributed by atoms with E-state index in [4.69, 9.17) is 9.73 Å². The molecule has 1 aliphatic carbocycles. The number of nitrogens with one attached hydrogen (secondary N) is 2. The number of unbranched alkanes of at least 4 members (excludes halogenated alkanes) is 1. The van der Waals surface area contributed by atoms with Crippen molar-refractivity contribution in [3.63, 3.8) is 0 Å². The molecule has 1 aromatic carbocycles. The maximum absolute atomic E-state index is 9.63. The molecule has 0 unspecified atom stereocenters. The first-order valence-electron chi connectivity index (χ1n) is 9.66. The van der Waals surface area contributed by atoms with Crippen LogP contribution < -0.4 is 15.4 Å². The zero-order valence-electron chi connectivity index (χ0n) is 16.0. The first kappa shape index (κ1) is 23.0. The summed E-state index contributed by atoms with van der Waals surface area (Å²) in [6.45, 7) is 6.46. The number of guanidine groups is 1. The van der Waals surface area contributed by atoms with E-state index in [9.17, 15) is 5.11 Å². The maximum Gasteiger partial charge on any atom is 0.191 e. The zero-order valence-corrected chi connectivity index (χ0v) is 18.4. The van der Waals surface area contributed by atoms with Gasteiger partial charge in [0.1, 0.15) is 5.75 Å². The Morgan fingerprint density at radius 3 is 2.69 bits per heavy atom. The van der Waals surface area contributed by atoms with Crippen LogP contribution in [0.3, 0.4) is 0 Å². The maximum atomic E-state index is 9.63. The SMILES string of the molecule is CCCCOc1cccc(CN=C(NCC)NC2CCC(O)CC2)c1.I. The van der Waals surface area contributed by atoms with Crippen LogP contribution in [0.2, 0.25) is 0 Å². The zero-order chi connectivity index (χ0) is 17.9. The van der Waals surface area contributed by atoms with Crippen LogP contribution in [-0.2, 0) is 6.54 Å². The van der Waals surface area contributed by atoms with Gasteiger partial charge in [-0.2, -0.15) is 0 Å². The molecule has 2 rings (SSSR count). The summed E-state index contributed by atoms with van der Waals surface area (Å²) >= 11 is 0. The van der Waals surface area contributed by atoms with E-state index in [1.165, 1.54) is 0 Å². The molecule has 0 atom stereocenters. The molecule has 6 heteroatoms. The van der Waals surface area contributed by atoms with Crippen LogP contribution in [0.1, 0.15) is 57.9 Å². The van der Waals surface area contributed by atoms with Gasteiger partial charge in [-0.15, -0.1) is 24.0 Å². The summed E-state index contributed by atoms with van der Waals surface area (Å²) in [6.07, 6.45) is 5.81. The highest BCUT2D eigenvalue weighted by Gasteiger charge is 2.19. The van der Waals surface area contributed by atoms with Crippen molar-refractivity contribution in [2.45, 2.75) is 71.1 Å². The predicted molar refractivity (Wildman–Crippen MR) is 118 cm³/mol.